The van der Waals surface area contributed by atoms with Crippen molar-refractivity contribution in [1.82, 2.24) is 4.98 Å². The van der Waals surface area contributed by atoms with E-state index in [2.05, 4.69) is 9.88 Å². The number of carboxylic acids is 1. The molecule has 0 spiro atoms. The Bertz CT molecular complexity index is 497. The lowest BCUT2D eigenvalue weighted by molar-refractivity contribution is 0.0526. The van der Waals surface area contributed by atoms with Crippen LogP contribution in [-0.4, -0.2) is 41.9 Å². The van der Waals surface area contributed by atoms with Gasteiger partial charge in [-0.15, -0.1) is 0 Å². The van der Waals surface area contributed by atoms with E-state index in [1.807, 2.05) is 6.92 Å². The second-order valence-corrected chi connectivity index (χ2v) is 6.43. The third kappa shape index (κ3) is 2.81. The molecule has 0 bridgehead atoms. The summed E-state index contributed by atoms with van der Waals surface area (Å²) in [6.07, 6.45) is 4.55. The van der Waals surface area contributed by atoms with Gasteiger partial charge in [-0.25, -0.2) is 9.78 Å². The van der Waals surface area contributed by atoms with Crippen molar-refractivity contribution in [2.75, 3.05) is 24.6 Å². The largest absolute Gasteiger partial charge is 0.477 e. The summed E-state index contributed by atoms with van der Waals surface area (Å²) in [5.41, 5.74) is 0.802. The summed E-state index contributed by atoms with van der Waals surface area (Å²) in [6.45, 7) is 4.50. The van der Waals surface area contributed by atoms with Crippen LogP contribution >= 0.6 is 11.3 Å². The lowest BCUT2D eigenvalue weighted by Crippen LogP contribution is -2.39. The minimum absolute atomic E-state index is 0.246. The first-order valence-electron chi connectivity index (χ1n) is 7.29. The number of nitrogens with zero attached hydrogens (tertiary/aromatic N) is 2. The number of hydrogen-bond acceptors (Lipinski definition) is 5. The number of anilines is 1. The van der Waals surface area contributed by atoms with Crippen molar-refractivity contribution in [3.63, 3.8) is 0 Å². The number of aromatic carboxylic acids is 1. The van der Waals surface area contributed by atoms with Crippen molar-refractivity contribution in [1.29, 1.82) is 0 Å². The van der Waals surface area contributed by atoms with E-state index in [9.17, 15) is 9.90 Å². The van der Waals surface area contributed by atoms with Crippen LogP contribution in [-0.2, 0) is 4.74 Å². The lowest BCUT2D eigenvalue weighted by atomic mass is 10.1. The van der Waals surface area contributed by atoms with E-state index in [-0.39, 0.29) is 6.10 Å². The normalized spacial score (nSPS) is 23.1. The number of hydrogen-bond donors (Lipinski definition) is 1. The van der Waals surface area contributed by atoms with Crippen LogP contribution in [0.25, 0.3) is 0 Å². The molecule has 1 aromatic rings. The average Bonchev–Trinajstić information content (AvgIpc) is 3.18. The van der Waals surface area contributed by atoms with Gasteiger partial charge in [-0.2, -0.15) is 0 Å². The van der Waals surface area contributed by atoms with Crippen molar-refractivity contribution in [2.24, 2.45) is 0 Å². The second kappa shape index (κ2) is 5.69. The van der Waals surface area contributed by atoms with E-state index in [1.165, 1.54) is 11.3 Å². The van der Waals surface area contributed by atoms with Gasteiger partial charge in [-0.1, -0.05) is 11.3 Å². The van der Waals surface area contributed by atoms with E-state index in [1.54, 1.807) is 0 Å². The summed E-state index contributed by atoms with van der Waals surface area (Å²) in [5, 5.41) is 10.2. The minimum atomic E-state index is -0.839. The van der Waals surface area contributed by atoms with Crippen LogP contribution in [0.15, 0.2) is 0 Å². The molecule has 0 radical (unpaired) electrons. The fraction of sp³-hybridized carbons (Fsp3) is 0.714. The van der Waals surface area contributed by atoms with Gasteiger partial charge in [0.2, 0.25) is 0 Å². The smallest absolute Gasteiger partial charge is 0.347 e. The van der Waals surface area contributed by atoms with Crippen molar-refractivity contribution in [3.8, 4) is 0 Å². The Morgan fingerprint density at radius 1 is 1.50 bits per heavy atom. The van der Waals surface area contributed by atoms with Crippen molar-refractivity contribution >= 4 is 22.4 Å². The molecule has 1 N–H and O–H groups in total. The lowest BCUT2D eigenvalue weighted by Gasteiger charge is -2.32. The summed E-state index contributed by atoms with van der Waals surface area (Å²) >= 11 is 1.32. The monoisotopic (exact) mass is 296 g/mol. The Balaban J connectivity index is 1.79. The summed E-state index contributed by atoms with van der Waals surface area (Å²) in [5.74, 6) is -0.465. The molecule has 1 aliphatic heterocycles. The molecule has 1 unspecified atom stereocenters. The van der Waals surface area contributed by atoms with Gasteiger partial charge in [0.1, 0.15) is 4.88 Å². The summed E-state index contributed by atoms with van der Waals surface area (Å²) in [4.78, 5) is 18.6. The van der Waals surface area contributed by atoms with E-state index in [0.717, 1.165) is 56.2 Å². The van der Waals surface area contributed by atoms with E-state index >= 15 is 0 Å². The molecule has 5 nitrogen and oxygen atoms in total. The van der Waals surface area contributed by atoms with Gasteiger partial charge in [-0.3, -0.25) is 0 Å². The summed E-state index contributed by atoms with van der Waals surface area (Å²) < 4.78 is 5.70. The fourth-order valence-corrected chi connectivity index (χ4v) is 3.75. The highest BCUT2D eigenvalue weighted by atomic mass is 32.1. The molecule has 2 aliphatic rings. The number of rotatable bonds is 5. The quantitative estimate of drug-likeness (QED) is 0.905. The topological polar surface area (TPSA) is 62.7 Å². The van der Waals surface area contributed by atoms with E-state index in [4.69, 9.17) is 4.74 Å². The summed E-state index contributed by atoms with van der Waals surface area (Å²) in [7, 11) is 0. The highest BCUT2D eigenvalue weighted by Crippen LogP contribution is 2.44. The van der Waals surface area contributed by atoms with Crippen molar-refractivity contribution < 1.29 is 14.6 Å². The fourth-order valence-electron chi connectivity index (χ4n) is 2.73. The second-order valence-electron chi connectivity index (χ2n) is 5.46. The van der Waals surface area contributed by atoms with Gasteiger partial charge in [0.15, 0.2) is 5.13 Å². The standard InChI is InChI=1S/C14H20N2O3S/c1-2-19-10-4-3-7-16(8-10)14-15-11(9-5-6-9)12(20-14)13(17)18/h9-10H,2-8H2,1H3,(H,17,18). The number of thiazole rings is 1. The zero-order valence-corrected chi connectivity index (χ0v) is 12.5. The van der Waals surface area contributed by atoms with Crippen molar-refractivity contribution in [3.05, 3.63) is 10.6 Å². The molecule has 1 atom stereocenters. The molecule has 1 aromatic heterocycles. The molecule has 110 valence electrons. The third-order valence-electron chi connectivity index (χ3n) is 3.85. The molecule has 6 heteroatoms. The first kappa shape index (κ1) is 13.8. The SMILES string of the molecule is CCOC1CCCN(c2nc(C3CC3)c(C(=O)O)s2)C1. The molecule has 1 saturated carbocycles. The molecule has 20 heavy (non-hydrogen) atoms. The van der Waals surface area contributed by atoms with Crippen LogP contribution < -0.4 is 4.90 Å². The van der Waals surface area contributed by atoms with E-state index < -0.39 is 5.97 Å². The Morgan fingerprint density at radius 2 is 2.30 bits per heavy atom. The van der Waals surface area contributed by atoms with Crippen LogP contribution in [0.4, 0.5) is 5.13 Å². The zero-order chi connectivity index (χ0) is 14.1. The number of carbonyl (C=O) groups is 1. The molecule has 2 fully saturated rings. The highest BCUT2D eigenvalue weighted by Gasteiger charge is 2.33. The van der Waals surface area contributed by atoms with E-state index in [0.29, 0.717) is 10.8 Å². The number of aromatic nitrogens is 1. The predicted molar refractivity (Wildman–Crippen MR) is 77.9 cm³/mol. The number of piperidine rings is 1. The molecule has 3 rings (SSSR count). The van der Waals surface area contributed by atoms with Crippen LogP contribution in [0, 0.1) is 0 Å². The van der Waals surface area contributed by atoms with Crippen molar-refractivity contribution in [2.45, 2.75) is 44.6 Å². The molecular weight excluding hydrogens is 276 g/mol. The molecule has 2 heterocycles. The Morgan fingerprint density at radius 3 is 2.95 bits per heavy atom. The predicted octanol–water partition coefficient (Wildman–Crippen LogP) is 2.72. The third-order valence-corrected chi connectivity index (χ3v) is 4.97. The molecule has 0 amide bonds. The van der Waals surface area contributed by atoms with Crippen LogP contribution in [0.3, 0.4) is 0 Å². The maximum absolute atomic E-state index is 11.3. The van der Waals surface area contributed by atoms with Crippen LogP contribution in [0.2, 0.25) is 0 Å². The molecular formula is C14H20N2O3S. The Labute approximate surface area is 122 Å². The van der Waals surface area contributed by atoms with Gasteiger partial charge in [0, 0.05) is 25.6 Å². The molecule has 1 aliphatic carbocycles. The first-order valence-corrected chi connectivity index (χ1v) is 8.11. The van der Waals surface area contributed by atoms with Gasteiger partial charge in [0.25, 0.3) is 0 Å². The molecule has 0 aromatic carbocycles. The van der Waals surface area contributed by atoms with Crippen LogP contribution in [0.1, 0.15) is 53.9 Å². The maximum Gasteiger partial charge on any atom is 0.347 e. The first-order chi connectivity index (χ1) is 9.69. The number of ether oxygens (including phenoxy) is 1. The minimum Gasteiger partial charge on any atom is -0.477 e. The summed E-state index contributed by atoms with van der Waals surface area (Å²) in [6, 6.07) is 0. The van der Waals surface area contributed by atoms with Gasteiger partial charge < -0.3 is 14.7 Å². The van der Waals surface area contributed by atoms with Gasteiger partial charge in [-0.05, 0) is 32.6 Å². The average molecular weight is 296 g/mol. The Hall–Kier alpha value is -1.14. The molecule has 1 saturated heterocycles. The maximum atomic E-state index is 11.3. The Kier molecular flexibility index (Phi) is 3.94. The van der Waals surface area contributed by atoms with Gasteiger partial charge >= 0.3 is 5.97 Å². The zero-order valence-electron chi connectivity index (χ0n) is 11.7. The van der Waals surface area contributed by atoms with Crippen LogP contribution in [0.5, 0.6) is 0 Å². The number of carboxylic acid groups (broad SMARTS) is 1. The van der Waals surface area contributed by atoms with Gasteiger partial charge in [0.05, 0.1) is 11.8 Å². The highest BCUT2D eigenvalue weighted by molar-refractivity contribution is 7.17.